The largest absolute Gasteiger partial charge is 0.495 e. The van der Waals surface area contributed by atoms with Gasteiger partial charge in [-0.3, -0.25) is 9.69 Å². The Balaban J connectivity index is 1.64. The van der Waals surface area contributed by atoms with E-state index in [2.05, 4.69) is 15.9 Å². The summed E-state index contributed by atoms with van der Waals surface area (Å²) in [6.07, 6.45) is 0.864. The Labute approximate surface area is 125 Å². The molecule has 2 unspecified atom stereocenters. The maximum absolute atomic E-state index is 11.8. The second-order valence-electron chi connectivity index (χ2n) is 5.69. The molecule has 0 amide bonds. The molecule has 5 nitrogen and oxygen atoms in total. The fourth-order valence-corrected chi connectivity index (χ4v) is 3.20. The van der Waals surface area contributed by atoms with E-state index in [0.717, 1.165) is 44.0 Å². The Bertz CT molecular complexity index is 512. The highest BCUT2D eigenvalue weighted by molar-refractivity contribution is 5.78. The smallest absolute Gasteiger partial charge is 0.323 e. The van der Waals surface area contributed by atoms with Crippen molar-refractivity contribution >= 4 is 11.7 Å². The molecule has 2 fully saturated rings. The summed E-state index contributed by atoms with van der Waals surface area (Å²) in [7, 11) is 1.70. The molecule has 5 heteroatoms. The zero-order chi connectivity index (χ0) is 14.8. The number of hydrogen-bond acceptors (Lipinski definition) is 5. The molecule has 2 heterocycles. The Morgan fingerprint density at radius 1 is 1.19 bits per heavy atom. The standard InChI is InChI=1S/C16H22N2O3/c1-12-11-14(16(19)21-12)18-9-7-17(8-10-18)13-5-3-4-6-15(13)20-2/h3-6,12,14H,7-11H2,1-2H3. The molecular weight excluding hydrogens is 268 g/mol. The van der Waals surface area contributed by atoms with Crippen molar-refractivity contribution in [1.29, 1.82) is 0 Å². The average molecular weight is 290 g/mol. The summed E-state index contributed by atoms with van der Waals surface area (Å²) in [6, 6.07) is 8.02. The van der Waals surface area contributed by atoms with Gasteiger partial charge in [-0.1, -0.05) is 12.1 Å². The molecule has 1 aromatic carbocycles. The molecule has 2 atom stereocenters. The van der Waals surface area contributed by atoms with E-state index in [1.807, 2.05) is 25.1 Å². The molecule has 114 valence electrons. The van der Waals surface area contributed by atoms with Crippen molar-refractivity contribution in [2.24, 2.45) is 0 Å². The lowest BCUT2D eigenvalue weighted by Crippen LogP contribution is -2.51. The van der Waals surface area contributed by atoms with Gasteiger partial charge in [0.25, 0.3) is 0 Å². The molecule has 2 aliphatic rings. The minimum absolute atomic E-state index is 0.0507. The minimum atomic E-state index is -0.0618. The molecule has 0 N–H and O–H groups in total. The molecule has 0 saturated carbocycles. The fourth-order valence-electron chi connectivity index (χ4n) is 3.20. The summed E-state index contributed by atoms with van der Waals surface area (Å²) in [5, 5.41) is 0. The molecule has 0 radical (unpaired) electrons. The molecular formula is C16H22N2O3. The lowest BCUT2D eigenvalue weighted by atomic mass is 10.1. The van der Waals surface area contributed by atoms with E-state index >= 15 is 0 Å². The molecule has 0 aliphatic carbocycles. The third-order valence-corrected chi connectivity index (χ3v) is 4.33. The van der Waals surface area contributed by atoms with Crippen molar-refractivity contribution in [2.75, 3.05) is 38.2 Å². The first-order chi connectivity index (χ1) is 10.2. The number of methoxy groups -OCH3 is 1. The number of anilines is 1. The van der Waals surface area contributed by atoms with E-state index < -0.39 is 0 Å². The van der Waals surface area contributed by atoms with Crippen LogP contribution in [0.5, 0.6) is 5.75 Å². The van der Waals surface area contributed by atoms with E-state index in [9.17, 15) is 4.79 Å². The van der Waals surface area contributed by atoms with Crippen molar-refractivity contribution in [1.82, 2.24) is 4.90 Å². The number of carbonyl (C=O) groups excluding carboxylic acids is 1. The Kier molecular flexibility index (Phi) is 4.01. The van der Waals surface area contributed by atoms with E-state index in [4.69, 9.17) is 9.47 Å². The predicted molar refractivity (Wildman–Crippen MR) is 80.7 cm³/mol. The minimum Gasteiger partial charge on any atom is -0.495 e. The van der Waals surface area contributed by atoms with E-state index in [1.54, 1.807) is 7.11 Å². The normalized spacial score (nSPS) is 26.8. The van der Waals surface area contributed by atoms with Crippen LogP contribution in [0.2, 0.25) is 0 Å². The van der Waals surface area contributed by atoms with Gasteiger partial charge in [0.2, 0.25) is 0 Å². The highest BCUT2D eigenvalue weighted by atomic mass is 16.6. The zero-order valence-electron chi connectivity index (χ0n) is 12.6. The van der Waals surface area contributed by atoms with Crippen molar-refractivity contribution in [2.45, 2.75) is 25.5 Å². The van der Waals surface area contributed by atoms with Crippen molar-refractivity contribution in [3.05, 3.63) is 24.3 Å². The number of nitrogens with zero attached hydrogens (tertiary/aromatic N) is 2. The number of carbonyl (C=O) groups is 1. The molecule has 0 bridgehead atoms. The predicted octanol–water partition coefficient (Wildman–Crippen LogP) is 1.52. The van der Waals surface area contributed by atoms with Crippen LogP contribution in [0.3, 0.4) is 0 Å². The number of benzene rings is 1. The number of para-hydroxylation sites is 2. The van der Waals surface area contributed by atoms with Gasteiger partial charge in [0, 0.05) is 32.6 Å². The van der Waals surface area contributed by atoms with Crippen LogP contribution < -0.4 is 9.64 Å². The first kappa shape index (κ1) is 14.2. The number of rotatable bonds is 3. The van der Waals surface area contributed by atoms with E-state index in [0.29, 0.717) is 0 Å². The number of ether oxygens (including phenoxy) is 2. The Morgan fingerprint density at radius 3 is 2.52 bits per heavy atom. The number of esters is 1. The maximum atomic E-state index is 11.8. The maximum Gasteiger partial charge on any atom is 0.323 e. The first-order valence-corrected chi connectivity index (χ1v) is 7.51. The summed E-state index contributed by atoms with van der Waals surface area (Å²) in [4.78, 5) is 16.4. The van der Waals surface area contributed by atoms with E-state index in [1.165, 1.54) is 0 Å². The van der Waals surface area contributed by atoms with Crippen LogP contribution in [0, 0.1) is 0 Å². The van der Waals surface area contributed by atoms with Gasteiger partial charge in [-0.2, -0.15) is 0 Å². The molecule has 0 spiro atoms. The van der Waals surface area contributed by atoms with Crippen molar-refractivity contribution in [3.63, 3.8) is 0 Å². The van der Waals surface area contributed by atoms with Crippen LogP contribution in [0.15, 0.2) is 24.3 Å². The zero-order valence-corrected chi connectivity index (χ0v) is 12.6. The van der Waals surface area contributed by atoms with Crippen LogP contribution in [0.25, 0.3) is 0 Å². The summed E-state index contributed by atoms with van der Waals surface area (Å²) in [5.41, 5.74) is 1.13. The van der Waals surface area contributed by atoms with Gasteiger partial charge in [0.15, 0.2) is 0 Å². The Hall–Kier alpha value is -1.75. The third-order valence-electron chi connectivity index (χ3n) is 4.33. The average Bonchev–Trinajstić information content (AvgIpc) is 2.86. The van der Waals surface area contributed by atoms with Crippen LogP contribution in [0.1, 0.15) is 13.3 Å². The topological polar surface area (TPSA) is 42.0 Å². The highest BCUT2D eigenvalue weighted by Gasteiger charge is 2.37. The molecule has 2 saturated heterocycles. The monoisotopic (exact) mass is 290 g/mol. The summed E-state index contributed by atoms with van der Waals surface area (Å²) in [5.74, 6) is 0.841. The molecule has 3 rings (SSSR count). The van der Waals surface area contributed by atoms with Crippen LogP contribution in [-0.2, 0) is 9.53 Å². The number of cyclic esters (lactones) is 1. The van der Waals surface area contributed by atoms with Crippen LogP contribution >= 0.6 is 0 Å². The second kappa shape index (κ2) is 5.93. The highest BCUT2D eigenvalue weighted by Crippen LogP contribution is 2.29. The Morgan fingerprint density at radius 2 is 1.90 bits per heavy atom. The van der Waals surface area contributed by atoms with Crippen LogP contribution in [-0.4, -0.2) is 56.3 Å². The fraction of sp³-hybridized carbons (Fsp3) is 0.562. The number of hydrogen-bond donors (Lipinski definition) is 0. The summed E-state index contributed by atoms with van der Waals surface area (Å²) >= 11 is 0. The first-order valence-electron chi connectivity index (χ1n) is 7.51. The molecule has 0 aromatic heterocycles. The van der Waals surface area contributed by atoms with E-state index in [-0.39, 0.29) is 18.1 Å². The molecule has 1 aromatic rings. The lowest BCUT2D eigenvalue weighted by molar-refractivity contribution is -0.144. The molecule has 21 heavy (non-hydrogen) atoms. The van der Waals surface area contributed by atoms with Gasteiger partial charge < -0.3 is 14.4 Å². The van der Waals surface area contributed by atoms with Crippen molar-refractivity contribution < 1.29 is 14.3 Å². The van der Waals surface area contributed by atoms with Crippen molar-refractivity contribution in [3.8, 4) is 5.75 Å². The lowest BCUT2D eigenvalue weighted by Gasteiger charge is -2.38. The van der Waals surface area contributed by atoms with Gasteiger partial charge in [-0.05, 0) is 19.1 Å². The van der Waals surface area contributed by atoms with Crippen LogP contribution in [0.4, 0.5) is 5.69 Å². The second-order valence-corrected chi connectivity index (χ2v) is 5.69. The van der Waals surface area contributed by atoms with Gasteiger partial charge >= 0.3 is 5.97 Å². The molecule has 2 aliphatic heterocycles. The SMILES string of the molecule is COc1ccccc1N1CCN(C2CC(C)OC2=O)CC1. The van der Waals surface area contributed by atoms with Gasteiger partial charge in [0.05, 0.1) is 12.8 Å². The van der Waals surface area contributed by atoms with Gasteiger partial charge in [0.1, 0.15) is 17.9 Å². The van der Waals surface area contributed by atoms with Gasteiger partial charge in [-0.15, -0.1) is 0 Å². The van der Waals surface area contributed by atoms with Gasteiger partial charge in [-0.25, -0.2) is 0 Å². The third kappa shape index (κ3) is 2.83. The summed E-state index contributed by atoms with van der Waals surface area (Å²) in [6.45, 7) is 5.52. The quantitative estimate of drug-likeness (QED) is 0.790. The number of piperazine rings is 1. The summed E-state index contributed by atoms with van der Waals surface area (Å²) < 4.78 is 10.7.